The van der Waals surface area contributed by atoms with Crippen molar-refractivity contribution in [1.29, 1.82) is 0 Å². The van der Waals surface area contributed by atoms with Crippen molar-refractivity contribution in [3.8, 4) is 0 Å². The number of likely N-dealkylation sites (tertiary alicyclic amines) is 1. The highest BCUT2D eigenvalue weighted by Crippen LogP contribution is 2.30. The number of benzene rings is 2. The first kappa shape index (κ1) is 25.0. The van der Waals surface area contributed by atoms with Crippen molar-refractivity contribution in [2.45, 2.75) is 41.1 Å². The maximum absolute atomic E-state index is 11.6. The molecule has 0 aliphatic carbocycles. The van der Waals surface area contributed by atoms with Crippen molar-refractivity contribution in [3.63, 3.8) is 0 Å². The molecule has 0 spiro atoms. The van der Waals surface area contributed by atoms with Crippen molar-refractivity contribution < 1.29 is 23.2 Å². The predicted molar refractivity (Wildman–Crippen MR) is 126 cm³/mol. The van der Waals surface area contributed by atoms with Gasteiger partial charge in [-0.15, -0.1) is 11.8 Å². The van der Waals surface area contributed by atoms with Gasteiger partial charge in [0.15, 0.2) is 0 Å². The first-order valence-electron chi connectivity index (χ1n) is 10.4. The van der Waals surface area contributed by atoms with Gasteiger partial charge in [-0.3, -0.25) is 19.8 Å². The van der Waals surface area contributed by atoms with Gasteiger partial charge in [0.25, 0.3) is 5.69 Å². The average molecular weight is 495 g/mol. The minimum absolute atomic E-state index is 0.183. The molecule has 0 amide bonds. The van der Waals surface area contributed by atoms with Crippen LogP contribution in [0.5, 0.6) is 0 Å². The summed E-state index contributed by atoms with van der Waals surface area (Å²) in [6.07, 6.45) is 1.97. The summed E-state index contributed by atoms with van der Waals surface area (Å²) in [5, 5.41) is 29.3. The Balaban J connectivity index is 1.79. The largest absolute Gasteiger partial charge is 0.480 e. The minimum atomic E-state index is -4.08. The summed E-state index contributed by atoms with van der Waals surface area (Å²) in [5.74, 6) is -0.270. The molecule has 178 valence electrons. The van der Waals surface area contributed by atoms with E-state index in [-0.39, 0.29) is 22.3 Å². The van der Waals surface area contributed by atoms with Crippen LogP contribution >= 0.6 is 11.8 Å². The number of carbonyl (C=O) groups is 1. The molecule has 3 rings (SSSR count). The van der Waals surface area contributed by atoms with Gasteiger partial charge in [0, 0.05) is 29.3 Å². The summed E-state index contributed by atoms with van der Waals surface area (Å²) >= 11 is 1.58. The van der Waals surface area contributed by atoms with Crippen LogP contribution in [0.4, 0.5) is 11.4 Å². The summed E-state index contributed by atoms with van der Waals surface area (Å²) in [6, 6.07) is 12.4. The number of aliphatic carboxylic acids is 1. The fraction of sp³-hybridized carbons (Fsp3) is 0.381. The highest BCUT2D eigenvalue weighted by molar-refractivity contribution is 7.99. The zero-order valence-corrected chi connectivity index (χ0v) is 19.4. The summed E-state index contributed by atoms with van der Waals surface area (Å²) in [5.41, 5.74) is -0.205. The first-order chi connectivity index (χ1) is 15.6. The molecule has 2 aromatic carbocycles. The fourth-order valence-electron chi connectivity index (χ4n) is 3.79. The van der Waals surface area contributed by atoms with Crippen LogP contribution in [0.3, 0.4) is 0 Å². The quantitative estimate of drug-likeness (QED) is 0.243. The molecule has 0 radical (unpaired) electrons. The number of nitrogens with one attached hydrogen (secondary N) is 1. The molecule has 0 aromatic heterocycles. The van der Waals surface area contributed by atoms with E-state index in [2.05, 4.69) is 5.32 Å². The highest BCUT2D eigenvalue weighted by Gasteiger charge is 2.31. The molecular formula is C21H26N4O6S2. The normalized spacial score (nSPS) is 17.5. The topological polar surface area (TPSA) is 156 Å². The van der Waals surface area contributed by atoms with Gasteiger partial charge in [0.2, 0.25) is 10.0 Å². The molecule has 4 N–H and O–H groups in total. The van der Waals surface area contributed by atoms with Gasteiger partial charge >= 0.3 is 5.97 Å². The van der Waals surface area contributed by atoms with E-state index in [4.69, 9.17) is 5.14 Å². The van der Waals surface area contributed by atoms with Crippen LogP contribution in [0.1, 0.15) is 19.3 Å². The van der Waals surface area contributed by atoms with Crippen LogP contribution < -0.4 is 10.5 Å². The molecular weight excluding hydrogens is 468 g/mol. The summed E-state index contributed by atoms with van der Waals surface area (Å²) in [6.45, 7) is 1.21. The van der Waals surface area contributed by atoms with Crippen LogP contribution in [-0.2, 0) is 14.8 Å². The number of carboxylic acid groups (broad SMARTS) is 1. The lowest BCUT2D eigenvalue weighted by Crippen LogP contribution is -2.38. The van der Waals surface area contributed by atoms with E-state index in [0.29, 0.717) is 31.7 Å². The number of thioether (sulfide) groups is 1. The number of carboxylic acids is 1. The van der Waals surface area contributed by atoms with E-state index in [1.54, 1.807) is 11.8 Å². The van der Waals surface area contributed by atoms with E-state index in [1.807, 2.05) is 35.2 Å². The molecule has 10 nitrogen and oxygen atoms in total. The second-order valence-corrected chi connectivity index (χ2v) is 10.4. The van der Waals surface area contributed by atoms with Gasteiger partial charge in [-0.2, -0.15) is 0 Å². The summed E-state index contributed by atoms with van der Waals surface area (Å²) in [7, 11) is -4.08. The number of hydrogen-bond acceptors (Lipinski definition) is 8. The maximum Gasteiger partial charge on any atom is 0.320 e. The Hall–Kier alpha value is -2.67. The zero-order valence-electron chi connectivity index (χ0n) is 17.8. The Morgan fingerprint density at radius 2 is 2.03 bits per heavy atom. The Bertz CT molecular complexity index is 1100. The Labute approximate surface area is 196 Å². The molecule has 0 bridgehead atoms. The number of nitro benzene ring substituents is 1. The number of anilines is 1. The molecule has 1 saturated heterocycles. The second kappa shape index (κ2) is 11.0. The number of nitro groups is 1. The fourth-order valence-corrected chi connectivity index (χ4v) is 5.31. The van der Waals surface area contributed by atoms with Crippen molar-refractivity contribution in [2.24, 2.45) is 5.14 Å². The molecule has 12 heteroatoms. The van der Waals surface area contributed by atoms with Crippen molar-refractivity contribution >= 4 is 39.1 Å². The van der Waals surface area contributed by atoms with Crippen molar-refractivity contribution in [1.82, 2.24) is 4.90 Å². The maximum atomic E-state index is 11.6. The van der Waals surface area contributed by atoms with E-state index in [9.17, 15) is 28.4 Å². The van der Waals surface area contributed by atoms with E-state index >= 15 is 0 Å². The van der Waals surface area contributed by atoms with E-state index in [0.717, 1.165) is 17.4 Å². The molecule has 2 aromatic rings. The Morgan fingerprint density at radius 3 is 2.67 bits per heavy atom. The minimum Gasteiger partial charge on any atom is -0.480 e. The smallest absolute Gasteiger partial charge is 0.320 e. The number of sulfonamides is 1. The molecule has 1 aliphatic heterocycles. The molecule has 0 saturated carbocycles. The van der Waals surface area contributed by atoms with Gasteiger partial charge in [-0.25, -0.2) is 13.6 Å². The average Bonchev–Trinajstić information content (AvgIpc) is 3.24. The molecule has 33 heavy (non-hydrogen) atoms. The lowest BCUT2D eigenvalue weighted by Gasteiger charge is -2.25. The third-order valence-corrected chi connectivity index (χ3v) is 7.55. The van der Waals surface area contributed by atoms with Crippen LogP contribution in [0.15, 0.2) is 58.3 Å². The van der Waals surface area contributed by atoms with Gasteiger partial charge in [-0.1, -0.05) is 18.2 Å². The highest BCUT2D eigenvalue weighted by atomic mass is 32.2. The molecule has 1 fully saturated rings. The number of primary sulfonamides is 1. The molecule has 1 aliphatic rings. The van der Waals surface area contributed by atoms with Gasteiger partial charge < -0.3 is 10.4 Å². The zero-order chi connectivity index (χ0) is 24.0. The van der Waals surface area contributed by atoms with Crippen molar-refractivity contribution in [3.05, 3.63) is 58.6 Å². The monoisotopic (exact) mass is 494 g/mol. The Kier molecular flexibility index (Phi) is 8.30. The van der Waals surface area contributed by atoms with Gasteiger partial charge in [0.1, 0.15) is 11.7 Å². The lowest BCUT2D eigenvalue weighted by molar-refractivity contribution is -0.384. The second-order valence-electron chi connectivity index (χ2n) is 7.77. The van der Waals surface area contributed by atoms with Crippen molar-refractivity contribution in [2.75, 3.05) is 24.2 Å². The lowest BCUT2D eigenvalue weighted by atomic mass is 10.1. The first-order valence-corrected chi connectivity index (χ1v) is 12.9. The van der Waals surface area contributed by atoms with Gasteiger partial charge in [-0.05, 0) is 50.1 Å². The number of rotatable bonds is 11. The number of hydrogen-bond donors (Lipinski definition) is 3. The molecule has 0 unspecified atom stereocenters. The predicted octanol–water partition coefficient (Wildman–Crippen LogP) is 2.75. The third-order valence-electron chi connectivity index (χ3n) is 5.46. The van der Waals surface area contributed by atoms with Crippen LogP contribution in [0, 0.1) is 10.1 Å². The number of nitrogens with zero attached hydrogens (tertiary/aromatic N) is 2. The summed E-state index contributed by atoms with van der Waals surface area (Å²) < 4.78 is 23.2. The Morgan fingerprint density at radius 1 is 1.30 bits per heavy atom. The van der Waals surface area contributed by atoms with Crippen LogP contribution in [0.25, 0.3) is 0 Å². The van der Waals surface area contributed by atoms with Crippen LogP contribution in [-0.4, -0.2) is 60.2 Å². The van der Waals surface area contributed by atoms with Gasteiger partial charge in [0.05, 0.1) is 9.82 Å². The van der Waals surface area contributed by atoms with E-state index < -0.39 is 27.0 Å². The summed E-state index contributed by atoms with van der Waals surface area (Å²) in [4.78, 5) is 25.1. The third kappa shape index (κ3) is 6.90. The molecule has 1 heterocycles. The van der Waals surface area contributed by atoms with Crippen LogP contribution in [0.2, 0.25) is 0 Å². The standard InChI is InChI=1S/C21H26N4O6S2/c22-33(30,31)17-8-9-18(20(13-17)25(28)29)23-15(14-32-16-5-2-1-3-6-16)10-12-24-11-4-7-19(24)21(26)27/h1-3,5-6,8-9,13,15,19,23H,4,7,10-12,14H2,(H,26,27)(H2,22,30,31)/t15-,19-/m1/s1. The number of nitrogens with two attached hydrogens (primary N) is 1. The van der Waals surface area contributed by atoms with E-state index in [1.165, 1.54) is 12.1 Å². The molecule has 2 atom stereocenters. The SMILES string of the molecule is NS(=O)(=O)c1ccc(N[C@H](CCN2CCC[C@@H]2C(=O)O)CSc2ccccc2)c([N+](=O)[O-])c1.